The molecule has 0 fully saturated rings. The number of hydrogen-bond acceptors (Lipinski definition) is 5. The Morgan fingerprint density at radius 3 is 2.45 bits per heavy atom. The van der Waals surface area contributed by atoms with Gasteiger partial charge in [-0.15, -0.1) is 0 Å². The van der Waals surface area contributed by atoms with E-state index >= 15 is 0 Å². The molecule has 33 heavy (non-hydrogen) atoms. The lowest BCUT2D eigenvalue weighted by atomic mass is 10.0. The van der Waals surface area contributed by atoms with E-state index in [1.165, 1.54) is 6.21 Å². The van der Waals surface area contributed by atoms with Crippen molar-refractivity contribution < 1.29 is 9.59 Å². The number of nitrogens with zero attached hydrogens (tertiary/aromatic N) is 2. The third-order valence-corrected chi connectivity index (χ3v) is 5.00. The Morgan fingerprint density at radius 1 is 0.970 bits per heavy atom. The van der Waals surface area contributed by atoms with Crippen LogP contribution in [0.5, 0.6) is 0 Å². The number of amides is 2. The van der Waals surface area contributed by atoms with Crippen molar-refractivity contribution in [2.45, 2.75) is 13.0 Å². The number of nitrogens with one attached hydrogen (secondary N) is 3. The smallest absolute Gasteiger partial charge is 0.272 e. The highest BCUT2D eigenvalue weighted by Crippen LogP contribution is 2.20. The van der Waals surface area contributed by atoms with Gasteiger partial charge in [-0.3, -0.25) is 14.4 Å². The van der Waals surface area contributed by atoms with Crippen molar-refractivity contribution in [1.82, 2.24) is 20.9 Å². The van der Waals surface area contributed by atoms with E-state index in [9.17, 15) is 14.4 Å². The van der Waals surface area contributed by atoms with Crippen molar-refractivity contribution >= 4 is 28.8 Å². The molecule has 0 radical (unpaired) electrons. The maximum absolute atomic E-state index is 13.1. The predicted molar refractivity (Wildman–Crippen MR) is 126 cm³/mol. The van der Waals surface area contributed by atoms with E-state index in [1.54, 1.807) is 54.6 Å². The minimum absolute atomic E-state index is 0.206. The Balaban J connectivity index is 1.67. The maximum Gasteiger partial charge on any atom is 0.272 e. The van der Waals surface area contributed by atoms with Gasteiger partial charge in [-0.05, 0) is 30.7 Å². The summed E-state index contributed by atoms with van der Waals surface area (Å²) in [5, 5.41) is 14.0. The molecule has 0 aliphatic rings. The number of aromatic amines is 1. The highest BCUT2D eigenvalue weighted by molar-refractivity contribution is 5.99. The van der Waals surface area contributed by atoms with E-state index in [4.69, 9.17) is 0 Å². The standard InChI is InChI=1S/C25H21N5O3/c1-16-8-7-9-17(14-16)15-26-29-25(33)22(27-23(31)18-10-3-2-4-11-18)21-19-12-5-6-13-20(19)24(32)30-28-21/h2-15,22H,1H3,(H,27,31)(H,29,33)(H,30,32)/b26-15-/t22-/m0/s1. The number of aryl methyl sites for hydroxylation is 1. The van der Waals surface area contributed by atoms with Gasteiger partial charge in [0.2, 0.25) is 0 Å². The van der Waals surface area contributed by atoms with Crippen molar-refractivity contribution in [3.8, 4) is 0 Å². The molecule has 3 aromatic carbocycles. The first-order valence-electron chi connectivity index (χ1n) is 10.3. The lowest BCUT2D eigenvalue weighted by Gasteiger charge is -2.18. The summed E-state index contributed by atoms with van der Waals surface area (Å²) in [5.41, 5.74) is 4.54. The third kappa shape index (κ3) is 5.01. The summed E-state index contributed by atoms with van der Waals surface area (Å²) in [7, 11) is 0. The van der Waals surface area contributed by atoms with Crippen molar-refractivity contribution in [2.24, 2.45) is 5.10 Å². The fourth-order valence-electron chi connectivity index (χ4n) is 3.40. The molecule has 0 unspecified atom stereocenters. The molecule has 0 aliphatic carbocycles. The van der Waals surface area contributed by atoms with Crippen LogP contribution in [0.4, 0.5) is 0 Å². The highest BCUT2D eigenvalue weighted by Gasteiger charge is 2.27. The predicted octanol–water partition coefficient (Wildman–Crippen LogP) is 2.85. The first-order chi connectivity index (χ1) is 16.0. The molecule has 8 nitrogen and oxygen atoms in total. The Morgan fingerprint density at radius 2 is 1.70 bits per heavy atom. The Labute approximate surface area is 189 Å². The molecule has 8 heteroatoms. The van der Waals surface area contributed by atoms with E-state index < -0.39 is 17.9 Å². The van der Waals surface area contributed by atoms with E-state index in [-0.39, 0.29) is 11.3 Å². The van der Waals surface area contributed by atoms with Crippen LogP contribution in [0.15, 0.2) is 88.8 Å². The average Bonchev–Trinajstić information content (AvgIpc) is 2.84. The zero-order valence-corrected chi connectivity index (χ0v) is 17.8. The lowest BCUT2D eigenvalue weighted by Crippen LogP contribution is -2.40. The number of fused-ring (bicyclic) bond motifs is 1. The first-order valence-corrected chi connectivity index (χ1v) is 10.3. The second-order valence-corrected chi connectivity index (χ2v) is 7.40. The highest BCUT2D eigenvalue weighted by atomic mass is 16.2. The molecule has 3 N–H and O–H groups in total. The van der Waals surface area contributed by atoms with Crippen LogP contribution in [0.3, 0.4) is 0 Å². The summed E-state index contributed by atoms with van der Waals surface area (Å²) in [5.74, 6) is -1.07. The van der Waals surface area contributed by atoms with Crippen molar-refractivity contribution in [1.29, 1.82) is 0 Å². The van der Waals surface area contributed by atoms with Gasteiger partial charge < -0.3 is 5.32 Å². The summed E-state index contributed by atoms with van der Waals surface area (Å²) in [6.45, 7) is 1.96. The third-order valence-electron chi connectivity index (χ3n) is 5.00. The second kappa shape index (κ2) is 9.69. The molecule has 0 spiro atoms. The van der Waals surface area contributed by atoms with Gasteiger partial charge in [0.1, 0.15) is 5.69 Å². The van der Waals surface area contributed by atoms with Crippen molar-refractivity contribution in [3.05, 3.63) is 112 Å². The minimum Gasteiger partial charge on any atom is -0.335 e. The number of hydrogen-bond donors (Lipinski definition) is 3. The lowest BCUT2D eigenvalue weighted by molar-refractivity contribution is -0.123. The van der Waals surface area contributed by atoms with Crippen molar-refractivity contribution in [2.75, 3.05) is 0 Å². The molecular formula is C25H21N5O3. The number of carbonyl (C=O) groups excluding carboxylic acids is 2. The normalized spacial score (nSPS) is 11.9. The fraction of sp³-hybridized carbons (Fsp3) is 0.0800. The van der Waals surface area contributed by atoms with Crippen LogP contribution >= 0.6 is 0 Å². The first kappa shape index (κ1) is 21.6. The van der Waals surface area contributed by atoms with Gasteiger partial charge in [0.05, 0.1) is 11.6 Å². The largest absolute Gasteiger partial charge is 0.335 e. The van der Waals surface area contributed by atoms with Gasteiger partial charge in [-0.1, -0.05) is 66.2 Å². The molecule has 1 heterocycles. The molecule has 2 amide bonds. The van der Waals surface area contributed by atoms with Gasteiger partial charge in [-0.2, -0.15) is 10.2 Å². The number of rotatable bonds is 6. The zero-order valence-electron chi connectivity index (χ0n) is 17.8. The molecular weight excluding hydrogens is 418 g/mol. The average molecular weight is 439 g/mol. The van der Waals surface area contributed by atoms with Gasteiger partial charge >= 0.3 is 0 Å². The summed E-state index contributed by atoms with van der Waals surface area (Å²) < 4.78 is 0. The van der Waals surface area contributed by atoms with E-state index in [1.807, 2.05) is 31.2 Å². The van der Waals surface area contributed by atoms with Crippen LogP contribution in [0.2, 0.25) is 0 Å². The van der Waals surface area contributed by atoms with E-state index in [0.717, 1.165) is 11.1 Å². The van der Waals surface area contributed by atoms with E-state index in [0.29, 0.717) is 16.3 Å². The quantitative estimate of drug-likeness (QED) is 0.316. The monoisotopic (exact) mass is 439 g/mol. The van der Waals surface area contributed by atoms with Crippen LogP contribution in [0.1, 0.15) is 33.2 Å². The molecule has 0 saturated carbocycles. The van der Waals surface area contributed by atoms with Crippen LogP contribution in [0, 0.1) is 6.92 Å². The molecule has 4 rings (SSSR count). The number of benzene rings is 3. The Hall–Kier alpha value is -4.59. The topological polar surface area (TPSA) is 116 Å². The number of hydrazone groups is 1. The van der Waals surface area contributed by atoms with E-state index in [2.05, 4.69) is 26.0 Å². The SMILES string of the molecule is Cc1cccc(/C=N\NC(=O)[C@@H](NC(=O)c2ccccc2)c2n[nH]c(=O)c3ccccc23)c1. The summed E-state index contributed by atoms with van der Waals surface area (Å²) in [6.07, 6.45) is 1.51. The van der Waals surface area contributed by atoms with Crippen LogP contribution in [0.25, 0.3) is 10.8 Å². The minimum atomic E-state index is -1.20. The summed E-state index contributed by atoms with van der Waals surface area (Å²) >= 11 is 0. The van der Waals surface area contributed by atoms with Gasteiger partial charge in [0, 0.05) is 10.9 Å². The van der Waals surface area contributed by atoms with Gasteiger partial charge in [0.15, 0.2) is 6.04 Å². The van der Waals surface area contributed by atoms with Crippen molar-refractivity contribution in [3.63, 3.8) is 0 Å². The Bertz CT molecular complexity index is 1400. The molecule has 1 atom stereocenters. The number of carbonyl (C=O) groups is 2. The summed E-state index contributed by atoms with van der Waals surface area (Å²) in [4.78, 5) is 38.2. The van der Waals surface area contributed by atoms with Crippen LogP contribution < -0.4 is 16.3 Å². The zero-order chi connectivity index (χ0) is 23.2. The molecule has 0 bridgehead atoms. The molecule has 0 saturated heterocycles. The molecule has 0 aliphatic heterocycles. The number of aromatic nitrogens is 2. The molecule has 164 valence electrons. The number of H-pyrrole nitrogens is 1. The van der Waals surface area contributed by atoms with Crippen LogP contribution in [-0.4, -0.2) is 28.2 Å². The van der Waals surface area contributed by atoms with Crippen LogP contribution in [-0.2, 0) is 4.79 Å². The van der Waals surface area contributed by atoms with Gasteiger partial charge in [0.25, 0.3) is 17.4 Å². The summed E-state index contributed by atoms with van der Waals surface area (Å²) in [6, 6.07) is 21.7. The molecule has 4 aromatic rings. The Kier molecular flexibility index (Phi) is 6.36. The second-order valence-electron chi connectivity index (χ2n) is 7.40. The maximum atomic E-state index is 13.1. The molecule has 1 aromatic heterocycles. The van der Waals surface area contributed by atoms with Gasteiger partial charge in [-0.25, -0.2) is 10.5 Å². The fourth-order valence-corrected chi connectivity index (χ4v) is 3.40.